The average Bonchev–Trinajstić information content (AvgIpc) is 2.79. The van der Waals surface area contributed by atoms with Gasteiger partial charge in [-0.15, -0.1) is 0 Å². The molecule has 0 bridgehead atoms. The van der Waals surface area contributed by atoms with Crippen LogP contribution in [0.1, 0.15) is 16.8 Å². The summed E-state index contributed by atoms with van der Waals surface area (Å²) in [5, 5.41) is 4.17. The van der Waals surface area contributed by atoms with Crippen LogP contribution in [0.4, 0.5) is 14.5 Å². The summed E-state index contributed by atoms with van der Waals surface area (Å²) in [6.07, 6.45) is -0.0634. The SMILES string of the molecule is Nc1ccccc1CCn1c(=O)c(Cc2c(F)cccc2F)nn(-c2ccccc2)c1=O. The molecular weight excluding hydrogens is 414 g/mol. The lowest BCUT2D eigenvalue weighted by Gasteiger charge is -2.13. The molecule has 0 unspecified atom stereocenters. The third kappa shape index (κ3) is 4.20. The number of nitrogen functional groups attached to an aromatic ring is 1. The lowest BCUT2D eigenvalue weighted by atomic mass is 10.1. The molecule has 0 aliphatic carbocycles. The van der Waals surface area contributed by atoms with Crippen molar-refractivity contribution in [2.45, 2.75) is 19.4 Å². The van der Waals surface area contributed by atoms with Gasteiger partial charge in [0.15, 0.2) is 0 Å². The van der Waals surface area contributed by atoms with Gasteiger partial charge in [-0.3, -0.25) is 9.36 Å². The molecule has 4 aromatic rings. The van der Waals surface area contributed by atoms with E-state index in [2.05, 4.69) is 5.10 Å². The van der Waals surface area contributed by atoms with Crippen LogP contribution in [0.2, 0.25) is 0 Å². The van der Waals surface area contributed by atoms with Crippen molar-refractivity contribution >= 4 is 5.69 Å². The highest BCUT2D eigenvalue weighted by atomic mass is 19.1. The zero-order valence-corrected chi connectivity index (χ0v) is 17.0. The predicted octanol–water partition coefficient (Wildman–Crippen LogP) is 3.09. The number of nitrogens with zero attached hydrogens (tertiary/aromatic N) is 3. The van der Waals surface area contributed by atoms with E-state index in [0.717, 1.165) is 26.9 Å². The van der Waals surface area contributed by atoms with Gasteiger partial charge < -0.3 is 5.73 Å². The number of rotatable bonds is 6. The number of para-hydroxylation sites is 2. The maximum absolute atomic E-state index is 14.2. The van der Waals surface area contributed by atoms with E-state index in [1.165, 1.54) is 6.07 Å². The Balaban J connectivity index is 1.83. The monoisotopic (exact) mass is 434 g/mol. The number of halogens is 2. The van der Waals surface area contributed by atoms with E-state index in [1.54, 1.807) is 42.5 Å². The van der Waals surface area contributed by atoms with Crippen molar-refractivity contribution in [3.05, 3.63) is 122 Å². The molecule has 0 atom stereocenters. The van der Waals surface area contributed by atoms with E-state index in [0.29, 0.717) is 17.8 Å². The Morgan fingerprint density at radius 1 is 0.844 bits per heavy atom. The lowest BCUT2D eigenvalue weighted by molar-refractivity contribution is 0.541. The van der Waals surface area contributed by atoms with Gasteiger partial charge in [0.1, 0.15) is 17.3 Å². The van der Waals surface area contributed by atoms with E-state index < -0.39 is 29.3 Å². The molecule has 1 heterocycles. The molecule has 0 aliphatic heterocycles. The Morgan fingerprint density at radius 2 is 1.50 bits per heavy atom. The molecule has 32 heavy (non-hydrogen) atoms. The molecule has 0 spiro atoms. The maximum atomic E-state index is 14.2. The van der Waals surface area contributed by atoms with E-state index in [4.69, 9.17) is 5.73 Å². The number of hydrogen-bond donors (Lipinski definition) is 1. The Labute approximate surface area is 182 Å². The molecule has 6 nitrogen and oxygen atoms in total. The van der Waals surface area contributed by atoms with Crippen molar-refractivity contribution in [2.24, 2.45) is 0 Å². The molecule has 1 aromatic heterocycles. The summed E-state index contributed by atoms with van der Waals surface area (Å²) in [6, 6.07) is 19.2. The highest BCUT2D eigenvalue weighted by Gasteiger charge is 2.18. The second-order valence-corrected chi connectivity index (χ2v) is 7.26. The minimum absolute atomic E-state index is 0.0357. The van der Waals surface area contributed by atoms with Gasteiger partial charge in [0.2, 0.25) is 0 Å². The fourth-order valence-corrected chi connectivity index (χ4v) is 3.47. The third-order valence-electron chi connectivity index (χ3n) is 5.19. The number of hydrogen-bond acceptors (Lipinski definition) is 4. The first-order valence-electron chi connectivity index (χ1n) is 10.0. The first-order chi connectivity index (χ1) is 15.5. The minimum Gasteiger partial charge on any atom is -0.399 e. The summed E-state index contributed by atoms with van der Waals surface area (Å²) < 4.78 is 30.6. The van der Waals surface area contributed by atoms with Crippen molar-refractivity contribution in [1.29, 1.82) is 0 Å². The summed E-state index contributed by atoms with van der Waals surface area (Å²) in [4.78, 5) is 26.2. The van der Waals surface area contributed by atoms with Crippen LogP contribution in [-0.4, -0.2) is 14.3 Å². The van der Waals surface area contributed by atoms with Crippen LogP contribution in [-0.2, 0) is 19.4 Å². The number of aryl methyl sites for hydroxylation is 1. The van der Waals surface area contributed by atoms with E-state index >= 15 is 0 Å². The Hall–Kier alpha value is -4.07. The molecule has 0 fully saturated rings. The van der Waals surface area contributed by atoms with Gasteiger partial charge in [0.25, 0.3) is 5.56 Å². The molecule has 2 N–H and O–H groups in total. The average molecular weight is 434 g/mol. The largest absolute Gasteiger partial charge is 0.399 e. The highest BCUT2D eigenvalue weighted by molar-refractivity contribution is 5.46. The van der Waals surface area contributed by atoms with Crippen molar-refractivity contribution in [3.63, 3.8) is 0 Å². The second kappa shape index (κ2) is 8.97. The molecule has 0 aliphatic rings. The summed E-state index contributed by atoms with van der Waals surface area (Å²) >= 11 is 0. The Bertz CT molecular complexity index is 1360. The summed E-state index contributed by atoms with van der Waals surface area (Å²) in [5.74, 6) is -1.57. The van der Waals surface area contributed by atoms with Crippen molar-refractivity contribution in [2.75, 3.05) is 5.73 Å². The van der Waals surface area contributed by atoms with Gasteiger partial charge in [0, 0.05) is 24.2 Å². The van der Waals surface area contributed by atoms with E-state index in [1.807, 2.05) is 12.1 Å². The Morgan fingerprint density at radius 3 is 2.19 bits per heavy atom. The fraction of sp³-hybridized carbons (Fsp3) is 0.125. The molecule has 0 amide bonds. The molecule has 162 valence electrons. The first-order valence-corrected chi connectivity index (χ1v) is 10.0. The number of anilines is 1. The summed E-state index contributed by atoms with van der Waals surface area (Å²) in [7, 11) is 0. The van der Waals surface area contributed by atoms with Crippen LogP contribution >= 0.6 is 0 Å². The quantitative estimate of drug-likeness (QED) is 0.473. The van der Waals surface area contributed by atoms with Crippen molar-refractivity contribution in [1.82, 2.24) is 14.3 Å². The van der Waals surface area contributed by atoms with Crippen LogP contribution in [0.15, 0.2) is 82.4 Å². The van der Waals surface area contributed by atoms with E-state index in [-0.39, 0.29) is 17.8 Å². The topological polar surface area (TPSA) is 82.9 Å². The summed E-state index contributed by atoms with van der Waals surface area (Å²) in [5.41, 5.74) is 5.98. The number of nitrogens with two attached hydrogens (primary N) is 1. The Kier molecular flexibility index (Phi) is 5.93. The van der Waals surface area contributed by atoms with Gasteiger partial charge in [-0.25, -0.2) is 13.6 Å². The molecule has 0 radical (unpaired) electrons. The maximum Gasteiger partial charge on any atom is 0.352 e. The summed E-state index contributed by atoms with van der Waals surface area (Å²) in [6.45, 7) is 0.0357. The zero-order chi connectivity index (χ0) is 22.7. The molecule has 3 aromatic carbocycles. The minimum atomic E-state index is -0.785. The fourth-order valence-electron chi connectivity index (χ4n) is 3.47. The van der Waals surface area contributed by atoms with Crippen molar-refractivity contribution < 1.29 is 8.78 Å². The smallest absolute Gasteiger partial charge is 0.352 e. The molecule has 0 saturated heterocycles. The van der Waals surface area contributed by atoms with Crippen LogP contribution in [0.3, 0.4) is 0 Å². The first kappa shape index (κ1) is 21.2. The normalized spacial score (nSPS) is 10.9. The van der Waals surface area contributed by atoms with Gasteiger partial charge in [-0.1, -0.05) is 42.5 Å². The van der Waals surface area contributed by atoms with Gasteiger partial charge in [0.05, 0.1) is 5.69 Å². The third-order valence-corrected chi connectivity index (χ3v) is 5.19. The highest BCUT2D eigenvalue weighted by Crippen LogP contribution is 2.15. The second-order valence-electron chi connectivity index (χ2n) is 7.26. The molecular formula is C24H20F2N4O2. The van der Waals surface area contributed by atoms with Crippen LogP contribution in [0, 0.1) is 11.6 Å². The van der Waals surface area contributed by atoms with Crippen molar-refractivity contribution in [3.8, 4) is 5.69 Å². The molecule has 4 rings (SSSR count). The van der Waals surface area contributed by atoms with Crippen LogP contribution in [0.25, 0.3) is 5.69 Å². The molecule has 8 heteroatoms. The van der Waals surface area contributed by atoms with Gasteiger partial charge in [-0.05, 0) is 42.3 Å². The van der Waals surface area contributed by atoms with Crippen LogP contribution in [0.5, 0.6) is 0 Å². The standard InChI is InChI=1S/C24H20F2N4O2/c25-19-10-6-11-20(26)18(19)15-22-23(31)29(14-13-16-7-4-5-12-21(16)27)24(32)30(28-22)17-8-2-1-3-9-17/h1-12H,13-15,27H2. The predicted molar refractivity (Wildman–Crippen MR) is 118 cm³/mol. The number of aromatic nitrogens is 3. The molecule has 0 saturated carbocycles. The van der Waals surface area contributed by atoms with E-state index in [9.17, 15) is 18.4 Å². The van der Waals surface area contributed by atoms with Crippen LogP contribution < -0.4 is 17.0 Å². The number of benzene rings is 3. The lowest BCUT2D eigenvalue weighted by Crippen LogP contribution is -2.43. The zero-order valence-electron chi connectivity index (χ0n) is 17.0. The van der Waals surface area contributed by atoms with Gasteiger partial charge in [-0.2, -0.15) is 9.78 Å². The van der Waals surface area contributed by atoms with Gasteiger partial charge >= 0.3 is 5.69 Å².